The first-order valence-electron chi connectivity index (χ1n) is 5.35. The Labute approximate surface area is 93.8 Å². The number of ether oxygens (including phenoxy) is 2. The van der Waals surface area contributed by atoms with Crippen LogP contribution in [-0.2, 0) is 4.74 Å². The summed E-state index contributed by atoms with van der Waals surface area (Å²) in [5.74, 6) is -0.413. The van der Waals surface area contributed by atoms with Gasteiger partial charge in [-0.3, -0.25) is 0 Å². The lowest BCUT2D eigenvalue weighted by Crippen LogP contribution is -2.45. The van der Waals surface area contributed by atoms with Gasteiger partial charge in [0, 0.05) is 19.3 Å². The van der Waals surface area contributed by atoms with Crippen molar-refractivity contribution in [3.05, 3.63) is 24.1 Å². The first kappa shape index (κ1) is 11.3. The van der Waals surface area contributed by atoms with E-state index in [2.05, 4.69) is 10.3 Å². The highest BCUT2D eigenvalue weighted by molar-refractivity contribution is 5.12. The molecule has 1 aromatic rings. The van der Waals surface area contributed by atoms with Gasteiger partial charge in [-0.25, -0.2) is 9.37 Å². The molecule has 0 radical (unpaired) electrons. The fourth-order valence-electron chi connectivity index (χ4n) is 1.62. The third-order valence-electron chi connectivity index (χ3n) is 2.36. The Bertz CT molecular complexity index is 349. The highest BCUT2D eigenvalue weighted by atomic mass is 19.1. The number of nitrogens with zero attached hydrogens (tertiary/aromatic N) is 1. The molecule has 2 atom stereocenters. The number of hydrogen-bond acceptors (Lipinski definition) is 4. The van der Waals surface area contributed by atoms with Crippen LogP contribution in [0.5, 0.6) is 5.88 Å². The second kappa shape index (κ2) is 5.23. The van der Waals surface area contributed by atoms with Gasteiger partial charge in [0.05, 0.1) is 6.10 Å². The maximum Gasteiger partial charge on any atom is 0.250 e. The molecule has 0 aliphatic carbocycles. The Morgan fingerprint density at radius 3 is 3.25 bits per heavy atom. The highest BCUT2D eigenvalue weighted by Crippen LogP contribution is 2.12. The monoisotopic (exact) mass is 226 g/mol. The van der Waals surface area contributed by atoms with Gasteiger partial charge in [0.2, 0.25) is 5.88 Å². The third kappa shape index (κ3) is 2.90. The number of morpholine rings is 1. The van der Waals surface area contributed by atoms with Crippen LogP contribution in [0.25, 0.3) is 0 Å². The first-order valence-corrected chi connectivity index (χ1v) is 5.35. The minimum atomic E-state index is -0.445. The molecule has 0 aromatic carbocycles. The molecule has 4 nitrogen and oxygen atoms in total. The minimum absolute atomic E-state index is 0.0318. The van der Waals surface area contributed by atoms with Crippen molar-refractivity contribution >= 4 is 0 Å². The van der Waals surface area contributed by atoms with E-state index in [0.29, 0.717) is 6.61 Å². The molecule has 2 unspecified atom stereocenters. The molecule has 1 aromatic heterocycles. The Kier molecular flexibility index (Phi) is 3.69. The van der Waals surface area contributed by atoms with E-state index in [9.17, 15) is 4.39 Å². The van der Waals surface area contributed by atoms with E-state index >= 15 is 0 Å². The van der Waals surface area contributed by atoms with Crippen molar-refractivity contribution in [1.82, 2.24) is 10.3 Å². The summed E-state index contributed by atoms with van der Waals surface area (Å²) in [5, 5.41) is 3.22. The predicted octanol–water partition coefficient (Wildman–Crippen LogP) is 0.976. The van der Waals surface area contributed by atoms with Gasteiger partial charge in [-0.1, -0.05) is 0 Å². The summed E-state index contributed by atoms with van der Waals surface area (Å²) in [5.41, 5.74) is 0. The molecule has 2 heterocycles. The average Bonchev–Trinajstić information content (AvgIpc) is 2.28. The second-order valence-corrected chi connectivity index (χ2v) is 3.83. The number of rotatable bonds is 3. The molecule has 1 aliphatic heterocycles. The minimum Gasteiger partial charge on any atom is -0.473 e. The van der Waals surface area contributed by atoms with Gasteiger partial charge in [-0.05, 0) is 19.1 Å². The zero-order valence-electron chi connectivity index (χ0n) is 9.15. The van der Waals surface area contributed by atoms with E-state index in [1.807, 2.05) is 6.92 Å². The number of hydrogen-bond donors (Lipinski definition) is 1. The van der Waals surface area contributed by atoms with E-state index < -0.39 is 5.82 Å². The molecule has 1 saturated heterocycles. The van der Waals surface area contributed by atoms with Crippen molar-refractivity contribution in [3.8, 4) is 5.88 Å². The normalized spacial score (nSPS) is 25.4. The van der Waals surface area contributed by atoms with Gasteiger partial charge >= 0.3 is 0 Å². The highest BCUT2D eigenvalue weighted by Gasteiger charge is 2.19. The molecule has 1 fully saturated rings. The van der Waals surface area contributed by atoms with Crippen LogP contribution in [0.2, 0.25) is 0 Å². The molecular weight excluding hydrogens is 211 g/mol. The molecule has 1 aliphatic rings. The fraction of sp³-hybridized carbons (Fsp3) is 0.545. The quantitative estimate of drug-likeness (QED) is 0.834. The standard InChI is InChI=1S/C11H15FN2O2/c1-8-5-13-6-9(16-8)7-15-11-10(12)3-2-4-14-11/h2-4,8-9,13H,5-7H2,1H3. The fourth-order valence-corrected chi connectivity index (χ4v) is 1.62. The van der Waals surface area contributed by atoms with Gasteiger partial charge in [-0.2, -0.15) is 0 Å². The Morgan fingerprint density at radius 2 is 2.50 bits per heavy atom. The molecule has 88 valence electrons. The molecule has 0 spiro atoms. The zero-order valence-corrected chi connectivity index (χ0v) is 9.15. The topological polar surface area (TPSA) is 43.4 Å². The smallest absolute Gasteiger partial charge is 0.250 e. The van der Waals surface area contributed by atoms with E-state index in [1.165, 1.54) is 18.3 Å². The SMILES string of the molecule is CC1CNCC(COc2ncccc2F)O1. The molecule has 0 saturated carbocycles. The number of nitrogens with one attached hydrogen (secondary N) is 1. The molecule has 5 heteroatoms. The molecular formula is C11H15FN2O2. The summed E-state index contributed by atoms with van der Waals surface area (Å²) in [7, 11) is 0. The molecule has 16 heavy (non-hydrogen) atoms. The predicted molar refractivity (Wildman–Crippen MR) is 56.9 cm³/mol. The Hall–Kier alpha value is -1.20. The summed E-state index contributed by atoms with van der Waals surface area (Å²) in [6.45, 7) is 3.86. The van der Waals surface area contributed by atoms with Gasteiger partial charge in [0.25, 0.3) is 0 Å². The van der Waals surface area contributed by atoms with Gasteiger partial charge < -0.3 is 14.8 Å². The van der Waals surface area contributed by atoms with Crippen LogP contribution in [0.15, 0.2) is 18.3 Å². The maximum atomic E-state index is 13.2. The second-order valence-electron chi connectivity index (χ2n) is 3.83. The third-order valence-corrected chi connectivity index (χ3v) is 2.36. The van der Waals surface area contributed by atoms with Gasteiger partial charge in [0.1, 0.15) is 12.7 Å². The zero-order chi connectivity index (χ0) is 11.4. The number of halogens is 1. The van der Waals surface area contributed by atoms with E-state index in [0.717, 1.165) is 13.1 Å². The van der Waals surface area contributed by atoms with Crippen molar-refractivity contribution in [1.29, 1.82) is 0 Å². The lowest BCUT2D eigenvalue weighted by atomic mass is 10.2. The van der Waals surface area contributed by atoms with E-state index in [4.69, 9.17) is 9.47 Å². The van der Waals surface area contributed by atoms with Crippen LogP contribution in [-0.4, -0.2) is 36.9 Å². The largest absolute Gasteiger partial charge is 0.473 e. The molecule has 0 amide bonds. The van der Waals surface area contributed by atoms with Gasteiger partial charge in [-0.15, -0.1) is 0 Å². The summed E-state index contributed by atoms with van der Waals surface area (Å²) < 4.78 is 24.1. The van der Waals surface area contributed by atoms with Crippen LogP contribution in [0.3, 0.4) is 0 Å². The first-order chi connectivity index (χ1) is 7.75. The molecule has 0 bridgehead atoms. The number of pyridine rings is 1. The summed E-state index contributed by atoms with van der Waals surface area (Å²) >= 11 is 0. The lowest BCUT2D eigenvalue weighted by Gasteiger charge is -2.28. The molecule has 2 rings (SSSR count). The lowest BCUT2D eigenvalue weighted by molar-refractivity contribution is -0.0481. The maximum absolute atomic E-state index is 13.2. The van der Waals surface area contributed by atoms with Crippen LogP contribution < -0.4 is 10.1 Å². The average molecular weight is 226 g/mol. The van der Waals surface area contributed by atoms with Crippen molar-refractivity contribution in [2.24, 2.45) is 0 Å². The van der Waals surface area contributed by atoms with Crippen LogP contribution in [0.4, 0.5) is 4.39 Å². The molecule has 1 N–H and O–H groups in total. The Balaban J connectivity index is 1.85. The van der Waals surface area contributed by atoms with Crippen molar-refractivity contribution in [3.63, 3.8) is 0 Å². The van der Waals surface area contributed by atoms with E-state index in [-0.39, 0.29) is 18.1 Å². The van der Waals surface area contributed by atoms with Crippen LogP contribution >= 0.6 is 0 Å². The van der Waals surface area contributed by atoms with Crippen LogP contribution in [0.1, 0.15) is 6.92 Å². The van der Waals surface area contributed by atoms with Crippen LogP contribution in [0, 0.1) is 5.82 Å². The van der Waals surface area contributed by atoms with Gasteiger partial charge in [0.15, 0.2) is 5.82 Å². The Morgan fingerprint density at radius 1 is 1.62 bits per heavy atom. The van der Waals surface area contributed by atoms with E-state index in [1.54, 1.807) is 0 Å². The number of aromatic nitrogens is 1. The van der Waals surface area contributed by atoms with Crippen molar-refractivity contribution in [2.75, 3.05) is 19.7 Å². The summed E-state index contributed by atoms with van der Waals surface area (Å²) in [6, 6.07) is 2.86. The van der Waals surface area contributed by atoms with Crippen molar-refractivity contribution < 1.29 is 13.9 Å². The van der Waals surface area contributed by atoms with Crippen molar-refractivity contribution in [2.45, 2.75) is 19.1 Å². The summed E-state index contributed by atoms with van der Waals surface area (Å²) in [4.78, 5) is 3.81. The summed E-state index contributed by atoms with van der Waals surface area (Å²) in [6.07, 6.45) is 1.61.